The number of piperidine rings is 1. The summed E-state index contributed by atoms with van der Waals surface area (Å²) in [4.78, 5) is 6.59. The molecule has 2 bridgehead atoms. The Morgan fingerprint density at radius 3 is 2.53 bits per heavy atom. The predicted molar refractivity (Wildman–Crippen MR) is 120 cm³/mol. The second-order valence-corrected chi connectivity index (χ2v) is 9.57. The first-order chi connectivity index (χ1) is 16.2. The van der Waals surface area contributed by atoms with Crippen molar-refractivity contribution in [1.29, 1.82) is 0 Å². The lowest BCUT2D eigenvalue weighted by atomic mass is 9.82. The van der Waals surface area contributed by atoms with Crippen molar-refractivity contribution in [2.45, 2.75) is 32.0 Å². The largest absolute Gasteiger partial charge is 0.424 e. The molecule has 12 heteroatoms. The van der Waals surface area contributed by atoms with Crippen LogP contribution in [-0.4, -0.2) is 44.2 Å². The molecule has 180 valence electrons. The van der Waals surface area contributed by atoms with E-state index in [0.29, 0.717) is 40.0 Å². The van der Waals surface area contributed by atoms with E-state index < -0.39 is 12.7 Å². The Morgan fingerprint density at radius 2 is 1.85 bits per heavy atom. The van der Waals surface area contributed by atoms with Crippen LogP contribution in [0.15, 0.2) is 36.5 Å². The zero-order valence-corrected chi connectivity index (χ0v) is 19.4. The van der Waals surface area contributed by atoms with Gasteiger partial charge in [0.1, 0.15) is 12.3 Å². The number of hydrogen-bond acceptors (Lipinski definition) is 6. The summed E-state index contributed by atoms with van der Waals surface area (Å²) in [5, 5.41) is 12.7. The molecule has 2 atom stereocenters. The maximum absolute atomic E-state index is 13.2. The average molecular weight is 513 g/mol. The molecule has 2 aliphatic rings. The minimum absolute atomic E-state index is 0.197. The van der Waals surface area contributed by atoms with Gasteiger partial charge in [0.05, 0.1) is 11.9 Å². The normalized spacial score (nSPS) is 22.3. The lowest BCUT2D eigenvalue weighted by molar-refractivity contribution is -0.143. The van der Waals surface area contributed by atoms with E-state index in [9.17, 15) is 13.2 Å². The van der Waals surface area contributed by atoms with Crippen molar-refractivity contribution < 1.29 is 17.9 Å². The fourth-order valence-electron chi connectivity index (χ4n) is 5.04. The highest BCUT2D eigenvalue weighted by Crippen LogP contribution is 2.44. The second-order valence-electron chi connectivity index (χ2n) is 8.75. The third-order valence-electron chi connectivity index (χ3n) is 6.44. The van der Waals surface area contributed by atoms with Crippen LogP contribution in [0.5, 0.6) is 11.8 Å². The van der Waals surface area contributed by atoms with Crippen LogP contribution in [0.1, 0.15) is 18.7 Å². The molecule has 2 fully saturated rings. The number of fused-ring (bicyclic) bond motifs is 2. The summed E-state index contributed by atoms with van der Waals surface area (Å²) < 4.78 is 45.9. The lowest BCUT2D eigenvalue weighted by Crippen LogP contribution is -2.42. The van der Waals surface area contributed by atoms with Crippen LogP contribution in [0.25, 0.3) is 0 Å². The molecule has 0 N–H and O–H groups in total. The van der Waals surface area contributed by atoms with Gasteiger partial charge in [-0.2, -0.15) is 28.4 Å². The van der Waals surface area contributed by atoms with Gasteiger partial charge in [-0.15, -0.1) is 5.10 Å². The monoisotopic (exact) mass is 512 g/mol. The van der Waals surface area contributed by atoms with Gasteiger partial charge in [0.15, 0.2) is 11.0 Å². The molecule has 2 unspecified atom stereocenters. The molecule has 34 heavy (non-hydrogen) atoms. The van der Waals surface area contributed by atoms with E-state index in [-0.39, 0.29) is 11.9 Å². The minimum Gasteiger partial charge on any atom is -0.424 e. The van der Waals surface area contributed by atoms with Crippen LogP contribution < -0.4 is 9.64 Å². The first kappa shape index (κ1) is 23.2. The number of benzene rings is 1. The van der Waals surface area contributed by atoms with Crippen LogP contribution >= 0.6 is 23.2 Å². The number of rotatable bonds is 6. The predicted octanol–water partition coefficient (Wildman–Crippen LogP) is 5.43. The van der Waals surface area contributed by atoms with Crippen LogP contribution in [0.4, 0.5) is 18.9 Å². The Bertz CT molecular complexity index is 1160. The zero-order chi connectivity index (χ0) is 23.9. The number of anilines is 1. The minimum atomic E-state index is -4.46. The van der Waals surface area contributed by atoms with Crippen LogP contribution in [0.3, 0.4) is 0 Å². The Labute approximate surface area is 203 Å². The van der Waals surface area contributed by atoms with E-state index in [1.165, 1.54) is 6.07 Å². The molecular formula is C22H21Cl2F3N6O. The summed E-state index contributed by atoms with van der Waals surface area (Å²) in [6.07, 6.45) is -0.164. The van der Waals surface area contributed by atoms with E-state index in [1.54, 1.807) is 30.5 Å². The fourth-order valence-corrected chi connectivity index (χ4v) is 5.37. The van der Waals surface area contributed by atoms with Crippen molar-refractivity contribution in [2.75, 3.05) is 18.0 Å². The standard InChI is InChI=1S/C22H21Cl2F3N6O/c23-15-2-1-3-17(6-15)34-21-29-20(31-33(21)12-22(25,26)27)8-18-13-4-5-14(18)11-32(10-13)16-7-19(24)30-28-9-16/h1-3,6-7,9,13-14,18H,4-5,8,10-12H2. The quantitative estimate of drug-likeness (QED) is 0.438. The Kier molecular flexibility index (Phi) is 6.28. The highest BCUT2D eigenvalue weighted by atomic mass is 35.5. The molecule has 7 nitrogen and oxygen atoms in total. The molecule has 5 rings (SSSR count). The summed E-state index contributed by atoms with van der Waals surface area (Å²) in [6.45, 7) is 0.355. The van der Waals surface area contributed by atoms with Gasteiger partial charge in [-0.25, -0.2) is 4.68 Å². The van der Waals surface area contributed by atoms with Gasteiger partial charge < -0.3 is 9.64 Å². The second kappa shape index (κ2) is 9.22. The van der Waals surface area contributed by atoms with Gasteiger partial charge in [0.2, 0.25) is 0 Å². The Hall–Kier alpha value is -2.59. The molecule has 1 aromatic carbocycles. The van der Waals surface area contributed by atoms with Gasteiger partial charge in [-0.3, -0.25) is 0 Å². The lowest BCUT2D eigenvalue weighted by Gasteiger charge is -2.38. The molecule has 0 spiro atoms. The van der Waals surface area contributed by atoms with Gasteiger partial charge >= 0.3 is 12.2 Å². The van der Waals surface area contributed by atoms with E-state index in [2.05, 4.69) is 25.2 Å². The molecule has 1 saturated heterocycles. The van der Waals surface area contributed by atoms with E-state index in [1.807, 2.05) is 0 Å². The topological polar surface area (TPSA) is 69.0 Å². The number of hydrogen-bond donors (Lipinski definition) is 0. The zero-order valence-electron chi connectivity index (χ0n) is 17.9. The van der Waals surface area contributed by atoms with Crippen molar-refractivity contribution in [3.05, 3.63) is 52.5 Å². The summed E-state index contributed by atoms with van der Waals surface area (Å²) in [5.41, 5.74) is 0.931. The number of halogens is 5. The number of ether oxygens (including phenoxy) is 1. The number of alkyl halides is 3. The summed E-state index contributed by atoms with van der Waals surface area (Å²) in [7, 11) is 0. The van der Waals surface area contributed by atoms with Crippen molar-refractivity contribution in [1.82, 2.24) is 25.0 Å². The summed E-state index contributed by atoms with van der Waals surface area (Å²) in [5.74, 6) is 1.68. The molecule has 1 saturated carbocycles. The molecule has 0 amide bonds. The van der Waals surface area contributed by atoms with Crippen molar-refractivity contribution in [3.63, 3.8) is 0 Å². The highest BCUT2D eigenvalue weighted by Gasteiger charge is 2.43. The van der Waals surface area contributed by atoms with Crippen LogP contribution in [-0.2, 0) is 13.0 Å². The molecule has 0 radical (unpaired) electrons. The average Bonchev–Trinajstić information content (AvgIpc) is 3.21. The molecule has 3 aromatic rings. The van der Waals surface area contributed by atoms with E-state index in [0.717, 1.165) is 36.3 Å². The first-order valence-corrected chi connectivity index (χ1v) is 11.7. The molecule has 1 aliphatic heterocycles. The third kappa shape index (κ3) is 5.22. The molecule has 1 aliphatic carbocycles. The van der Waals surface area contributed by atoms with Crippen molar-refractivity contribution >= 4 is 28.9 Å². The molecular weight excluding hydrogens is 492 g/mol. The van der Waals surface area contributed by atoms with Crippen molar-refractivity contribution in [2.24, 2.45) is 17.8 Å². The van der Waals surface area contributed by atoms with E-state index >= 15 is 0 Å². The maximum Gasteiger partial charge on any atom is 0.408 e. The van der Waals surface area contributed by atoms with Crippen LogP contribution in [0.2, 0.25) is 10.2 Å². The number of nitrogens with zero attached hydrogens (tertiary/aromatic N) is 6. The Balaban J connectivity index is 1.34. The van der Waals surface area contributed by atoms with Crippen molar-refractivity contribution in [3.8, 4) is 11.8 Å². The number of aromatic nitrogens is 5. The third-order valence-corrected chi connectivity index (χ3v) is 6.86. The fraction of sp³-hybridized carbons (Fsp3) is 0.455. The Morgan fingerprint density at radius 1 is 1.09 bits per heavy atom. The van der Waals surface area contributed by atoms with Crippen LogP contribution in [0, 0.1) is 17.8 Å². The van der Waals surface area contributed by atoms with Gasteiger partial charge in [-0.05, 0) is 48.8 Å². The molecule has 3 heterocycles. The van der Waals surface area contributed by atoms with Gasteiger partial charge in [0, 0.05) is 30.6 Å². The first-order valence-electron chi connectivity index (χ1n) is 10.9. The van der Waals surface area contributed by atoms with Gasteiger partial charge in [-0.1, -0.05) is 29.3 Å². The van der Waals surface area contributed by atoms with Gasteiger partial charge in [0.25, 0.3) is 0 Å². The highest BCUT2D eigenvalue weighted by molar-refractivity contribution is 6.30. The van der Waals surface area contributed by atoms with E-state index in [4.69, 9.17) is 27.9 Å². The smallest absolute Gasteiger partial charge is 0.408 e. The SMILES string of the molecule is FC(F)(F)Cn1nc(CC2C3CCC2CN(c2cnnc(Cl)c2)C3)nc1Oc1cccc(Cl)c1. The maximum atomic E-state index is 13.2. The summed E-state index contributed by atoms with van der Waals surface area (Å²) in [6, 6.07) is 8.03. The molecule has 2 aromatic heterocycles. The summed E-state index contributed by atoms with van der Waals surface area (Å²) >= 11 is 12.0.